The summed E-state index contributed by atoms with van der Waals surface area (Å²) in [5, 5.41) is 12.5. The third kappa shape index (κ3) is 10.2. The highest BCUT2D eigenvalue weighted by molar-refractivity contribution is 8.00. The zero-order chi connectivity index (χ0) is 32.3. The van der Waals surface area contributed by atoms with E-state index in [1.54, 1.807) is 49.5 Å². The lowest BCUT2D eigenvalue weighted by Gasteiger charge is -2.11. The number of ether oxygens (including phenoxy) is 3. The summed E-state index contributed by atoms with van der Waals surface area (Å²) in [5.41, 5.74) is 8.68. The summed E-state index contributed by atoms with van der Waals surface area (Å²) in [6.07, 6.45) is -3.06. The number of alkyl halides is 3. The molecule has 234 valence electrons. The number of thioether (sulfide) groups is 1. The Morgan fingerprint density at radius 3 is 2.45 bits per heavy atom. The minimum absolute atomic E-state index is 0.112. The van der Waals surface area contributed by atoms with Crippen LogP contribution in [0.2, 0.25) is 0 Å². The number of hydrogen-bond donors (Lipinski definition) is 3. The van der Waals surface area contributed by atoms with Crippen LogP contribution in [0.15, 0.2) is 69.2 Å². The average Bonchev–Trinajstić information content (AvgIpc) is 3.69. The number of nitrogens with two attached hydrogens (primary N) is 1. The molecule has 0 bridgehead atoms. The van der Waals surface area contributed by atoms with Gasteiger partial charge in [0.05, 0.1) is 29.0 Å². The maximum absolute atomic E-state index is 12.3. The van der Waals surface area contributed by atoms with E-state index in [1.807, 2.05) is 54.1 Å². The van der Waals surface area contributed by atoms with E-state index in [4.69, 9.17) is 29.8 Å². The predicted molar refractivity (Wildman–Crippen MR) is 165 cm³/mol. The molecule has 0 fully saturated rings. The van der Waals surface area contributed by atoms with Crippen LogP contribution in [0.5, 0.6) is 17.2 Å². The number of carbonyl (C=O) groups excluding carboxylic acids is 1. The molecule has 2 heterocycles. The summed E-state index contributed by atoms with van der Waals surface area (Å²) in [5.74, 6) is -0.735. The second kappa shape index (κ2) is 16.0. The molecule has 4 N–H and O–H groups in total. The number of hydrogen-bond acceptors (Lipinski definition) is 10. The highest BCUT2D eigenvalue weighted by Crippen LogP contribution is 2.31. The van der Waals surface area contributed by atoms with Gasteiger partial charge in [0.2, 0.25) is 5.13 Å². The topological polar surface area (TPSA) is 145 Å². The van der Waals surface area contributed by atoms with E-state index in [0.29, 0.717) is 34.8 Å². The van der Waals surface area contributed by atoms with Crippen molar-refractivity contribution in [3.05, 3.63) is 70.4 Å². The molecule has 16 heteroatoms. The van der Waals surface area contributed by atoms with Crippen molar-refractivity contribution in [2.45, 2.75) is 16.9 Å². The molecule has 0 aliphatic carbocycles. The van der Waals surface area contributed by atoms with Gasteiger partial charge in [-0.1, -0.05) is 18.2 Å². The van der Waals surface area contributed by atoms with E-state index in [0.717, 1.165) is 21.7 Å². The van der Waals surface area contributed by atoms with Crippen molar-refractivity contribution in [2.24, 2.45) is 10.7 Å². The Kier molecular flexibility index (Phi) is 12.4. The molecule has 0 saturated heterocycles. The van der Waals surface area contributed by atoms with Crippen LogP contribution in [-0.4, -0.2) is 61.1 Å². The fourth-order valence-electron chi connectivity index (χ4n) is 3.31. The Bertz CT molecular complexity index is 1610. The van der Waals surface area contributed by atoms with Crippen LogP contribution >= 0.6 is 34.4 Å². The lowest BCUT2D eigenvalue weighted by molar-refractivity contribution is -0.192. The molecular weight excluding hydrogens is 642 g/mol. The molecule has 0 atom stereocenters. The van der Waals surface area contributed by atoms with Gasteiger partial charge < -0.3 is 30.4 Å². The van der Waals surface area contributed by atoms with E-state index < -0.39 is 12.1 Å². The average molecular weight is 669 g/mol. The first-order valence-electron chi connectivity index (χ1n) is 12.4. The molecule has 0 aliphatic heterocycles. The molecule has 0 aliphatic rings. The number of methoxy groups -OCH3 is 2. The number of carboxylic acids is 1. The van der Waals surface area contributed by atoms with Gasteiger partial charge in [0, 0.05) is 17.5 Å². The third-order valence-corrected chi connectivity index (χ3v) is 8.35. The van der Waals surface area contributed by atoms with Gasteiger partial charge in [-0.3, -0.25) is 4.79 Å². The first kappa shape index (κ1) is 34.2. The molecule has 1 amide bonds. The number of amidine groups is 1. The molecule has 4 aromatic rings. The summed E-state index contributed by atoms with van der Waals surface area (Å²) < 4.78 is 49.2. The minimum atomic E-state index is -5.08. The lowest BCUT2D eigenvalue weighted by Crippen LogP contribution is -2.28. The monoisotopic (exact) mass is 668 g/mol. The van der Waals surface area contributed by atoms with Crippen LogP contribution in [0.1, 0.15) is 10.4 Å². The molecule has 2 aromatic carbocycles. The maximum Gasteiger partial charge on any atom is 0.490 e. The Morgan fingerprint density at radius 2 is 1.82 bits per heavy atom. The number of halogens is 3. The largest absolute Gasteiger partial charge is 0.493 e. The van der Waals surface area contributed by atoms with Gasteiger partial charge in [0.25, 0.3) is 5.91 Å². The van der Waals surface area contributed by atoms with E-state index in [-0.39, 0.29) is 12.5 Å². The van der Waals surface area contributed by atoms with Gasteiger partial charge >= 0.3 is 12.1 Å². The van der Waals surface area contributed by atoms with Gasteiger partial charge in [-0.2, -0.15) is 13.2 Å². The first-order chi connectivity index (χ1) is 20.9. The van der Waals surface area contributed by atoms with Crippen molar-refractivity contribution in [3.63, 3.8) is 0 Å². The second-order valence-electron chi connectivity index (χ2n) is 8.42. The van der Waals surface area contributed by atoms with Crippen molar-refractivity contribution in [2.75, 3.05) is 27.1 Å². The number of carbonyl (C=O) groups is 2. The van der Waals surface area contributed by atoms with E-state index >= 15 is 0 Å². The quantitative estimate of drug-likeness (QED) is 0.0999. The van der Waals surface area contributed by atoms with Gasteiger partial charge in [-0.05, 0) is 48.2 Å². The number of aliphatic imine (C=N–C) groups is 1. The maximum atomic E-state index is 12.3. The van der Waals surface area contributed by atoms with Crippen molar-refractivity contribution in [1.29, 1.82) is 0 Å². The smallest absolute Gasteiger partial charge is 0.490 e. The molecule has 2 aromatic heterocycles. The number of carboxylic acid groups (broad SMARTS) is 1. The van der Waals surface area contributed by atoms with Crippen molar-refractivity contribution in [3.8, 4) is 28.5 Å². The van der Waals surface area contributed by atoms with Crippen molar-refractivity contribution < 1.29 is 42.1 Å². The summed E-state index contributed by atoms with van der Waals surface area (Å²) in [6, 6.07) is 16.9. The minimum Gasteiger partial charge on any atom is -0.493 e. The Labute approximate surface area is 262 Å². The van der Waals surface area contributed by atoms with Gasteiger partial charge in [-0.15, -0.1) is 34.4 Å². The van der Waals surface area contributed by atoms with Gasteiger partial charge in [0.15, 0.2) is 18.1 Å². The number of nitrogens with one attached hydrogen (secondary N) is 1. The molecule has 0 unspecified atom stereocenters. The van der Waals surface area contributed by atoms with E-state index in [9.17, 15) is 18.0 Å². The number of aromatic nitrogens is 1. The predicted octanol–water partition coefficient (Wildman–Crippen LogP) is 5.98. The summed E-state index contributed by atoms with van der Waals surface area (Å²) >= 11 is 4.69. The van der Waals surface area contributed by atoms with Gasteiger partial charge in [0.1, 0.15) is 11.6 Å². The fourth-order valence-corrected chi connectivity index (χ4v) is 5.46. The molecule has 0 radical (unpaired) electrons. The molecule has 4 rings (SSSR count). The van der Waals surface area contributed by atoms with Crippen molar-refractivity contribution in [1.82, 2.24) is 10.3 Å². The van der Waals surface area contributed by atoms with Crippen molar-refractivity contribution >= 4 is 57.3 Å². The SMILES string of the molecule is COc1ccc(CNC(=O)COc2cccc(-c3csc(N=C(N)c4ccc(SC)s4)n3)c2)cc1OC.O=C(O)C(F)(F)F. The summed E-state index contributed by atoms with van der Waals surface area (Å²) in [7, 11) is 3.15. The normalized spacial score (nSPS) is 11.3. The molecule has 0 spiro atoms. The zero-order valence-electron chi connectivity index (χ0n) is 23.5. The molecule has 0 saturated carbocycles. The highest BCUT2D eigenvalue weighted by atomic mass is 32.2. The summed E-state index contributed by atoms with van der Waals surface area (Å²) in [4.78, 5) is 31.2. The summed E-state index contributed by atoms with van der Waals surface area (Å²) in [6.45, 7) is 0.233. The van der Waals surface area contributed by atoms with Crippen LogP contribution in [0.4, 0.5) is 18.3 Å². The number of thiazole rings is 1. The van der Waals surface area contributed by atoms with E-state index in [1.165, 1.54) is 15.5 Å². The number of aliphatic carboxylic acids is 1. The number of amides is 1. The lowest BCUT2D eigenvalue weighted by atomic mass is 10.2. The molecular formula is C28H27F3N4O6S3. The van der Waals surface area contributed by atoms with Crippen LogP contribution in [-0.2, 0) is 16.1 Å². The first-order valence-corrected chi connectivity index (χ1v) is 15.3. The number of benzene rings is 2. The number of rotatable bonds is 11. The third-order valence-electron chi connectivity index (χ3n) is 5.42. The molecule has 10 nitrogen and oxygen atoms in total. The number of nitrogens with zero attached hydrogens (tertiary/aromatic N) is 2. The standard InChI is InChI=1S/C26H26N4O4S3.C2HF3O2/c1-32-20-8-7-16(11-21(20)33-2)13-28-23(31)14-34-18-6-4-5-17(12-18)19-15-36-26(29-19)30-25(27)22-9-10-24(35-3)37-22;3-2(4,5)1(6)7/h4-12,15H,13-14H2,1-3H3,(H,28,31)(H2,27,29,30);(H,6,7). The van der Waals surface area contributed by atoms with Crippen LogP contribution < -0.4 is 25.3 Å². The van der Waals surface area contributed by atoms with Crippen LogP contribution in [0.25, 0.3) is 11.3 Å². The second-order valence-corrected chi connectivity index (χ2v) is 11.4. The van der Waals surface area contributed by atoms with Crippen LogP contribution in [0, 0.1) is 0 Å². The Morgan fingerprint density at radius 1 is 1.09 bits per heavy atom. The molecule has 44 heavy (non-hydrogen) atoms. The highest BCUT2D eigenvalue weighted by Gasteiger charge is 2.38. The Balaban J connectivity index is 0.000000676. The van der Waals surface area contributed by atoms with Crippen LogP contribution in [0.3, 0.4) is 0 Å². The van der Waals surface area contributed by atoms with E-state index in [2.05, 4.69) is 15.3 Å². The van der Waals surface area contributed by atoms with Gasteiger partial charge in [-0.25, -0.2) is 14.8 Å². The Hall–Kier alpha value is -4.28. The number of thiophene rings is 1. The fraction of sp³-hybridized carbons (Fsp3) is 0.214. The zero-order valence-corrected chi connectivity index (χ0v) is 26.0.